The van der Waals surface area contributed by atoms with Crippen LogP contribution in [0.25, 0.3) is 0 Å². The maximum atomic E-state index is 12.6. The summed E-state index contributed by atoms with van der Waals surface area (Å²) in [5.41, 5.74) is 6.53. The summed E-state index contributed by atoms with van der Waals surface area (Å²) < 4.78 is 25.2. The summed E-state index contributed by atoms with van der Waals surface area (Å²) in [7, 11) is -1.53. The van der Waals surface area contributed by atoms with Crippen LogP contribution in [-0.2, 0) is 9.84 Å². The fraction of sp³-hybridized carbons (Fsp3) is 0.632. The molecule has 0 bridgehead atoms. The zero-order chi connectivity index (χ0) is 18.6. The van der Waals surface area contributed by atoms with Crippen molar-refractivity contribution < 1.29 is 13.2 Å². The molecule has 1 amide bonds. The van der Waals surface area contributed by atoms with Crippen molar-refractivity contribution in [3.63, 3.8) is 0 Å². The number of hydrogen-bond donors (Lipinski definition) is 1. The molecule has 26 heavy (non-hydrogen) atoms. The minimum absolute atomic E-state index is 0. The molecule has 1 aliphatic carbocycles. The van der Waals surface area contributed by atoms with Crippen LogP contribution in [0, 0.1) is 5.92 Å². The third-order valence-electron chi connectivity index (χ3n) is 5.17. The lowest BCUT2D eigenvalue weighted by atomic mass is 10.0. The van der Waals surface area contributed by atoms with E-state index in [0.29, 0.717) is 22.9 Å². The molecule has 1 atom stereocenters. The van der Waals surface area contributed by atoms with E-state index < -0.39 is 9.84 Å². The second kappa shape index (κ2) is 9.72. The van der Waals surface area contributed by atoms with Crippen LogP contribution >= 0.6 is 12.4 Å². The lowest BCUT2D eigenvalue weighted by Crippen LogP contribution is -2.34. The van der Waals surface area contributed by atoms with Gasteiger partial charge < -0.3 is 10.6 Å². The summed E-state index contributed by atoms with van der Waals surface area (Å²) in [4.78, 5) is 14.4. The topological polar surface area (TPSA) is 80.5 Å². The predicted octanol–water partition coefficient (Wildman–Crippen LogP) is 3.27. The summed E-state index contributed by atoms with van der Waals surface area (Å²) >= 11 is 0. The molecule has 1 saturated carbocycles. The maximum Gasteiger partial charge on any atom is 0.253 e. The first kappa shape index (κ1) is 22.9. The number of carbonyl (C=O) groups excluding carboxylic acids is 1. The molecule has 2 rings (SSSR count). The van der Waals surface area contributed by atoms with Gasteiger partial charge in [0.05, 0.1) is 10.1 Å². The molecular weight excluding hydrogens is 372 g/mol. The number of benzene rings is 1. The highest BCUT2D eigenvalue weighted by Gasteiger charge is 2.30. The van der Waals surface area contributed by atoms with Crippen molar-refractivity contribution in [1.82, 2.24) is 4.90 Å². The summed E-state index contributed by atoms with van der Waals surface area (Å²) in [6.45, 7) is 4.71. The van der Waals surface area contributed by atoms with Crippen molar-refractivity contribution in [2.45, 2.75) is 62.1 Å². The molecule has 1 aromatic rings. The van der Waals surface area contributed by atoms with E-state index in [2.05, 4.69) is 13.8 Å². The van der Waals surface area contributed by atoms with E-state index in [0.717, 1.165) is 32.1 Å². The van der Waals surface area contributed by atoms with Crippen LogP contribution in [0.4, 0.5) is 0 Å². The molecule has 1 aliphatic rings. The van der Waals surface area contributed by atoms with Gasteiger partial charge in [-0.25, -0.2) is 8.42 Å². The van der Waals surface area contributed by atoms with Crippen molar-refractivity contribution in [2.75, 3.05) is 13.6 Å². The Morgan fingerprint density at radius 1 is 1.19 bits per heavy atom. The van der Waals surface area contributed by atoms with E-state index in [4.69, 9.17) is 5.73 Å². The molecule has 0 spiro atoms. The van der Waals surface area contributed by atoms with Crippen molar-refractivity contribution >= 4 is 28.2 Å². The first-order valence-electron chi connectivity index (χ1n) is 9.08. The van der Waals surface area contributed by atoms with Crippen molar-refractivity contribution in [2.24, 2.45) is 11.7 Å². The molecule has 0 saturated heterocycles. The van der Waals surface area contributed by atoms with Crippen molar-refractivity contribution in [3.05, 3.63) is 29.8 Å². The molecule has 0 aliphatic heterocycles. The quantitative estimate of drug-likeness (QED) is 0.758. The molecule has 1 fully saturated rings. The van der Waals surface area contributed by atoms with E-state index in [9.17, 15) is 13.2 Å². The highest BCUT2D eigenvalue weighted by atomic mass is 35.5. The van der Waals surface area contributed by atoms with Crippen LogP contribution in [0.2, 0.25) is 0 Å². The van der Waals surface area contributed by atoms with Crippen LogP contribution in [-0.4, -0.2) is 44.1 Å². The SMILES string of the molecule is CC(C)C(N)CCN(C)C(=O)c1ccc(S(=O)(=O)C2CCCC2)cc1.Cl. The van der Waals surface area contributed by atoms with Gasteiger partial charge in [0.25, 0.3) is 5.91 Å². The van der Waals surface area contributed by atoms with E-state index in [1.807, 2.05) is 0 Å². The van der Waals surface area contributed by atoms with Gasteiger partial charge in [0.2, 0.25) is 0 Å². The van der Waals surface area contributed by atoms with Gasteiger partial charge in [-0.2, -0.15) is 0 Å². The second-order valence-corrected chi connectivity index (χ2v) is 9.63. The Labute approximate surface area is 163 Å². The standard InChI is InChI=1S/C19H30N2O3S.ClH/c1-14(2)18(20)12-13-21(3)19(22)15-8-10-17(11-9-15)25(23,24)16-6-4-5-7-16;/h8-11,14,16,18H,4-7,12-13,20H2,1-3H3;1H. The molecule has 0 heterocycles. The zero-order valence-electron chi connectivity index (χ0n) is 15.8. The van der Waals surface area contributed by atoms with Gasteiger partial charge in [0.15, 0.2) is 9.84 Å². The minimum Gasteiger partial charge on any atom is -0.342 e. The largest absolute Gasteiger partial charge is 0.342 e. The summed E-state index contributed by atoms with van der Waals surface area (Å²) in [5.74, 6) is 0.268. The molecule has 1 unspecified atom stereocenters. The third-order valence-corrected chi connectivity index (χ3v) is 7.45. The molecule has 7 heteroatoms. The van der Waals surface area contributed by atoms with Crippen molar-refractivity contribution in [3.8, 4) is 0 Å². The zero-order valence-corrected chi connectivity index (χ0v) is 17.5. The summed E-state index contributed by atoms with van der Waals surface area (Å²) in [6, 6.07) is 6.42. The minimum atomic E-state index is -3.27. The van der Waals surface area contributed by atoms with E-state index in [-0.39, 0.29) is 29.6 Å². The highest BCUT2D eigenvalue weighted by molar-refractivity contribution is 7.92. The van der Waals surface area contributed by atoms with Gasteiger partial charge in [0.1, 0.15) is 0 Å². The number of nitrogens with zero attached hydrogens (tertiary/aromatic N) is 1. The fourth-order valence-electron chi connectivity index (χ4n) is 3.18. The predicted molar refractivity (Wildman–Crippen MR) is 108 cm³/mol. The first-order valence-corrected chi connectivity index (χ1v) is 10.6. The lowest BCUT2D eigenvalue weighted by Gasteiger charge is -2.21. The van der Waals surface area contributed by atoms with Gasteiger partial charge >= 0.3 is 0 Å². The molecule has 5 nitrogen and oxygen atoms in total. The molecule has 0 aromatic heterocycles. The fourth-order valence-corrected chi connectivity index (χ4v) is 5.03. The molecule has 0 radical (unpaired) electrons. The lowest BCUT2D eigenvalue weighted by molar-refractivity contribution is 0.0789. The average molecular weight is 403 g/mol. The van der Waals surface area contributed by atoms with Gasteiger partial charge in [-0.3, -0.25) is 4.79 Å². The van der Waals surface area contributed by atoms with Crippen LogP contribution in [0.15, 0.2) is 29.2 Å². The maximum absolute atomic E-state index is 12.6. The highest BCUT2D eigenvalue weighted by Crippen LogP contribution is 2.29. The number of amides is 1. The smallest absolute Gasteiger partial charge is 0.253 e. The number of sulfone groups is 1. The third kappa shape index (κ3) is 5.44. The van der Waals surface area contributed by atoms with E-state index in [1.54, 1.807) is 36.2 Å². The van der Waals surface area contributed by atoms with Gasteiger partial charge in [-0.1, -0.05) is 26.7 Å². The number of nitrogens with two attached hydrogens (primary N) is 1. The number of halogens is 1. The average Bonchev–Trinajstić information content (AvgIpc) is 3.14. The Morgan fingerprint density at radius 3 is 2.23 bits per heavy atom. The Bertz CT molecular complexity index is 683. The van der Waals surface area contributed by atoms with Gasteiger partial charge in [-0.15, -0.1) is 12.4 Å². The van der Waals surface area contributed by atoms with Crippen LogP contribution in [0.5, 0.6) is 0 Å². The monoisotopic (exact) mass is 402 g/mol. The first-order chi connectivity index (χ1) is 11.7. The summed E-state index contributed by atoms with van der Waals surface area (Å²) in [5, 5.41) is -0.269. The van der Waals surface area contributed by atoms with Crippen LogP contribution in [0.3, 0.4) is 0 Å². The molecule has 2 N–H and O–H groups in total. The number of rotatable bonds is 7. The Balaban J connectivity index is 0.00000338. The van der Waals surface area contributed by atoms with Crippen LogP contribution in [0.1, 0.15) is 56.3 Å². The van der Waals surface area contributed by atoms with E-state index >= 15 is 0 Å². The Hall–Kier alpha value is -1.11. The molecule has 148 valence electrons. The second-order valence-electron chi connectivity index (χ2n) is 7.40. The van der Waals surface area contributed by atoms with E-state index in [1.165, 1.54) is 0 Å². The van der Waals surface area contributed by atoms with Gasteiger partial charge in [0, 0.05) is 25.2 Å². The molecular formula is C19H31ClN2O3S. The molecule has 1 aromatic carbocycles. The number of carbonyl (C=O) groups is 1. The van der Waals surface area contributed by atoms with Crippen LogP contribution < -0.4 is 5.73 Å². The Kier molecular flexibility index (Phi) is 8.57. The Morgan fingerprint density at radius 2 is 1.73 bits per heavy atom. The number of hydrogen-bond acceptors (Lipinski definition) is 4. The van der Waals surface area contributed by atoms with Gasteiger partial charge in [-0.05, 0) is 49.4 Å². The summed E-state index contributed by atoms with van der Waals surface area (Å²) in [6.07, 6.45) is 4.17. The van der Waals surface area contributed by atoms with Crippen molar-refractivity contribution in [1.29, 1.82) is 0 Å². The normalized spacial score (nSPS) is 16.3.